The second-order valence-electron chi connectivity index (χ2n) is 1.86. The van der Waals surface area contributed by atoms with Crippen LogP contribution in [-0.4, -0.2) is 36.1 Å². The van der Waals surface area contributed by atoms with Gasteiger partial charge in [0.15, 0.2) is 0 Å². The molecule has 0 amide bonds. The number of aliphatic hydroxyl groups is 2. The van der Waals surface area contributed by atoms with E-state index in [-0.39, 0.29) is 19.3 Å². The van der Waals surface area contributed by atoms with Crippen molar-refractivity contribution in [3.8, 4) is 0 Å². The Morgan fingerprint density at radius 3 is 2.22 bits per heavy atom. The van der Waals surface area contributed by atoms with Crippen LogP contribution in [0.2, 0.25) is 0 Å². The summed E-state index contributed by atoms with van der Waals surface area (Å²) in [5, 5.41) is 16.9. The molecule has 3 heteroatoms. The van der Waals surface area contributed by atoms with Crippen LogP contribution in [0.4, 0.5) is 0 Å². The van der Waals surface area contributed by atoms with Crippen molar-refractivity contribution in [2.45, 2.75) is 19.4 Å². The minimum absolute atomic E-state index is 0.101. The molecule has 0 bridgehead atoms. The lowest BCUT2D eigenvalue weighted by atomic mass is 10.4. The zero-order valence-corrected chi connectivity index (χ0v) is 5.71. The van der Waals surface area contributed by atoms with Crippen LogP contribution >= 0.6 is 0 Å². The molecule has 56 valence electrons. The summed E-state index contributed by atoms with van der Waals surface area (Å²) in [6, 6.07) is 0. The first-order valence-electron chi connectivity index (χ1n) is 3.18. The Morgan fingerprint density at radius 1 is 1.33 bits per heavy atom. The van der Waals surface area contributed by atoms with E-state index >= 15 is 0 Å². The van der Waals surface area contributed by atoms with E-state index in [0.717, 1.165) is 6.42 Å². The number of ether oxygens (including phenoxy) is 1. The Morgan fingerprint density at radius 2 is 1.89 bits per heavy atom. The predicted octanol–water partition coefficient (Wildman–Crippen LogP) is -0.234. The normalized spacial score (nSPS) is 10.7. The lowest BCUT2D eigenvalue weighted by Crippen LogP contribution is -2.22. The average Bonchev–Trinajstić information content (AvgIpc) is 1.91. The molecule has 0 aromatic heterocycles. The second-order valence-corrected chi connectivity index (χ2v) is 1.86. The smallest absolute Gasteiger partial charge is 0.104 e. The fourth-order valence-electron chi connectivity index (χ4n) is 0.448. The number of hydrogen-bond acceptors (Lipinski definition) is 3. The summed E-state index contributed by atoms with van der Waals surface area (Å²) in [5.41, 5.74) is 0. The number of rotatable bonds is 5. The summed E-state index contributed by atoms with van der Waals surface area (Å²) >= 11 is 0. The molecule has 3 nitrogen and oxygen atoms in total. The van der Waals surface area contributed by atoms with E-state index in [4.69, 9.17) is 14.9 Å². The Bertz CT molecular complexity index is 52.3. The van der Waals surface area contributed by atoms with Crippen LogP contribution in [0.5, 0.6) is 0 Å². The van der Waals surface area contributed by atoms with Crippen molar-refractivity contribution >= 4 is 0 Å². The predicted molar refractivity (Wildman–Crippen MR) is 34.2 cm³/mol. The summed E-state index contributed by atoms with van der Waals surface area (Å²) in [6.45, 7) is 2.38. The van der Waals surface area contributed by atoms with Crippen LogP contribution in [0, 0.1) is 0 Å². The molecular formula is C6H14O3. The van der Waals surface area contributed by atoms with Gasteiger partial charge in [-0.3, -0.25) is 0 Å². The van der Waals surface area contributed by atoms with Gasteiger partial charge in [-0.2, -0.15) is 0 Å². The first-order valence-corrected chi connectivity index (χ1v) is 3.18. The fourth-order valence-corrected chi connectivity index (χ4v) is 0.448. The van der Waals surface area contributed by atoms with Crippen LogP contribution in [-0.2, 0) is 4.74 Å². The molecule has 0 saturated heterocycles. The molecule has 0 unspecified atom stereocenters. The van der Waals surface area contributed by atoms with Crippen LogP contribution in [0.25, 0.3) is 0 Å². The highest BCUT2D eigenvalue weighted by Crippen LogP contribution is 1.89. The molecule has 0 atom stereocenters. The lowest BCUT2D eigenvalue weighted by molar-refractivity contribution is -0.0192. The van der Waals surface area contributed by atoms with Crippen molar-refractivity contribution in [1.82, 2.24) is 0 Å². The van der Waals surface area contributed by atoms with E-state index in [2.05, 4.69) is 0 Å². The van der Waals surface area contributed by atoms with Crippen molar-refractivity contribution in [2.24, 2.45) is 0 Å². The van der Waals surface area contributed by atoms with E-state index in [1.165, 1.54) is 0 Å². The quantitative estimate of drug-likeness (QED) is 0.546. The minimum Gasteiger partial charge on any atom is -0.394 e. The van der Waals surface area contributed by atoms with Crippen molar-refractivity contribution in [1.29, 1.82) is 0 Å². The maximum absolute atomic E-state index is 8.47. The topological polar surface area (TPSA) is 49.7 Å². The summed E-state index contributed by atoms with van der Waals surface area (Å²) < 4.78 is 4.99. The van der Waals surface area contributed by atoms with Crippen molar-refractivity contribution < 1.29 is 14.9 Å². The van der Waals surface area contributed by atoms with Crippen molar-refractivity contribution in [3.05, 3.63) is 0 Å². The van der Waals surface area contributed by atoms with Gasteiger partial charge in [-0.15, -0.1) is 0 Å². The molecule has 0 aliphatic rings. The van der Waals surface area contributed by atoms with Crippen molar-refractivity contribution in [3.63, 3.8) is 0 Å². The van der Waals surface area contributed by atoms with Crippen LogP contribution in [0.15, 0.2) is 0 Å². The first kappa shape index (κ1) is 8.88. The maximum atomic E-state index is 8.47. The standard InChI is InChI=1S/C6H14O3/c1-2-3-9-6(4-7)5-8/h6-8H,2-5H2,1H3. The van der Waals surface area contributed by atoms with E-state index < -0.39 is 0 Å². The fraction of sp³-hybridized carbons (Fsp3) is 1.00. The number of hydrogen-bond donors (Lipinski definition) is 2. The van der Waals surface area contributed by atoms with Gasteiger partial charge in [-0.25, -0.2) is 0 Å². The van der Waals surface area contributed by atoms with Gasteiger partial charge in [0.05, 0.1) is 13.2 Å². The number of aliphatic hydroxyl groups excluding tert-OH is 2. The monoisotopic (exact) mass is 134 g/mol. The van der Waals surface area contributed by atoms with Gasteiger partial charge >= 0.3 is 0 Å². The van der Waals surface area contributed by atoms with Gasteiger partial charge in [0.1, 0.15) is 6.10 Å². The van der Waals surface area contributed by atoms with Gasteiger partial charge < -0.3 is 14.9 Å². The van der Waals surface area contributed by atoms with E-state index in [9.17, 15) is 0 Å². The van der Waals surface area contributed by atoms with E-state index in [0.29, 0.717) is 6.61 Å². The van der Waals surface area contributed by atoms with Gasteiger partial charge in [-0.05, 0) is 6.42 Å². The molecule has 0 heterocycles. The zero-order valence-electron chi connectivity index (χ0n) is 5.71. The SMILES string of the molecule is CCCOC(CO)CO. The molecule has 0 aliphatic heterocycles. The minimum atomic E-state index is -0.384. The zero-order chi connectivity index (χ0) is 7.11. The Labute approximate surface area is 55.3 Å². The van der Waals surface area contributed by atoms with Gasteiger partial charge in [0.25, 0.3) is 0 Å². The van der Waals surface area contributed by atoms with Crippen molar-refractivity contribution in [2.75, 3.05) is 19.8 Å². The molecule has 0 aromatic carbocycles. The third-order valence-corrected chi connectivity index (χ3v) is 0.965. The Kier molecular flexibility index (Phi) is 5.93. The lowest BCUT2D eigenvalue weighted by Gasteiger charge is -2.10. The summed E-state index contributed by atoms with van der Waals surface area (Å²) in [6.07, 6.45) is 0.529. The molecule has 0 saturated carbocycles. The molecule has 0 aromatic rings. The average molecular weight is 134 g/mol. The van der Waals surface area contributed by atoms with Gasteiger partial charge in [0, 0.05) is 6.61 Å². The summed E-state index contributed by atoms with van der Waals surface area (Å²) in [7, 11) is 0. The van der Waals surface area contributed by atoms with Gasteiger partial charge in [0.2, 0.25) is 0 Å². The summed E-state index contributed by atoms with van der Waals surface area (Å²) in [4.78, 5) is 0. The van der Waals surface area contributed by atoms with Crippen LogP contribution < -0.4 is 0 Å². The molecule has 0 aliphatic carbocycles. The molecule has 0 rings (SSSR count). The van der Waals surface area contributed by atoms with E-state index in [1.807, 2.05) is 6.92 Å². The molecule has 0 spiro atoms. The molecule has 0 radical (unpaired) electrons. The molecule has 2 N–H and O–H groups in total. The molecule has 0 fully saturated rings. The second kappa shape index (κ2) is 6.01. The van der Waals surface area contributed by atoms with Crippen LogP contribution in [0.1, 0.15) is 13.3 Å². The van der Waals surface area contributed by atoms with Crippen LogP contribution in [0.3, 0.4) is 0 Å². The molecule has 9 heavy (non-hydrogen) atoms. The Hall–Kier alpha value is -0.120. The van der Waals surface area contributed by atoms with E-state index in [1.54, 1.807) is 0 Å². The highest BCUT2D eigenvalue weighted by Gasteiger charge is 2.02. The molecular weight excluding hydrogens is 120 g/mol. The Balaban J connectivity index is 3.09. The first-order chi connectivity index (χ1) is 4.35. The third kappa shape index (κ3) is 4.39. The third-order valence-electron chi connectivity index (χ3n) is 0.965. The summed E-state index contributed by atoms with van der Waals surface area (Å²) in [5.74, 6) is 0. The van der Waals surface area contributed by atoms with Gasteiger partial charge in [-0.1, -0.05) is 6.92 Å². The maximum Gasteiger partial charge on any atom is 0.104 e. The highest BCUT2D eigenvalue weighted by atomic mass is 16.5. The largest absolute Gasteiger partial charge is 0.394 e. The highest BCUT2D eigenvalue weighted by molar-refractivity contribution is 4.50.